The number of aromatic nitrogens is 12. The number of hydrogen-bond donors (Lipinski definition) is 0. The van der Waals surface area contributed by atoms with Crippen molar-refractivity contribution in [2.24, 2.45) is 0 Å². The van der Waals surface area contributed by atoms with Crippen LogP contribution in [-0.4, -0.2) is 248 Å². The molecule has 15 heterocycles. The van der Waals surface area contributed by atoms with E-state index in [2.05, 4.69) is 113 Å². The van der Waals surface area contributed by atoms with E-state index in [4.69, 9.17) is 85.2 Å². The molecule has 0 amide bonds. The molecule has 0 bridgehead atoms. The molecule has 0 spiro atoms. The van der Waals surface area contributed by atoms with Crippen molar-refractivity contribution in [3.8, 4) is 17.5 Å². The Hall–Kier alpha value is -7.36. The van der Waals surface area contributed by atoms with Crippen molar-refractivity contribution in [1.82, 2.24) is 73.9 Å². The van der Waals surface area contributed by atoms with Gasteiger partial charge in [-0.05, 0) is 214 Å². The quantitative estimate of drug-likeness (QED) is 0.0935. The summed E-state index contributed by atoms with van der Waals surface area (Å²) in [5, 5.41) is 18.4. The fourth-order valence-corrected chi connectivity index (χ4v) is 17.5. The van der Waals surface area contributed by atoms with Gasteiger partial charge in [-0.15, -0.1) is 0 Å². The average molecular weight is 1450 g/mol. The third-order valence-corrected chi connectivity index (χ3v) is 24.1. The smallest absolute Gasteiger partial charge is 0.159 e. The van der Waals surface area contributed by atoms with Crippen LogP contribution < -0.4 is 14.7 Å². The lowest BCUT2D eigenvalue weighted by Crippen LogP contribution is -2.51. The molecule has 0 aliphatic carbocycles. The molecule has 18 rings (SSSR count). The summed E-state index contributed by atoms with van der Waals surface area (Å²) in [6.07, 6.45) is 16.6. The third kappa shape index (κ3) is 15.6. The summed E-state index contributed by atoms with van der Waals surface area (Å²) >= 11 is 6.79. The van der Waals surface area contributed by atoms with Crippen LogP contribution >= 0.6 is 11.6 Å². The number of benzene rings is 3. The summed E-state index contributed by atoms with van der Waals surface area (Å²) in [6, 6.07) is 21.7. The summed E-state index contributed by atoms with van der Waals surface area (Å²) in [4.78, 5) is 43.3. The monoisotopic (exact) mass is 1450 g/mol. The standard InChI is InChI=1S/2C27H36N6O2.C26H33ClN6O2/c2*1-4-23-15-32(9-10-35-23)26-13-27(30-19(3)29-26)33-25-12-24(18(2)11-21(25)14-28-33)20-5-7-31(8-6-20)22-16-34-17-22;1-3-21-14-32(8-9-35-21)25-12-26(30-17(2)29-25)33-24-11-22(23(27)10-19(24)13-28-33)18-4-6-31(7-5-18)20-15-34-16-20/h2*11-14,20,22-23H,4-10,15-17H2,1-3H3;10-13,18,20-21H,3-9,14-16H2,1-2H3/t2*23-;/m10./s1. The van der Waals surface area contributed by atoms with E-state index in [-0.39, 0.29) is 18.3 Å². The van der Waals surface area contributed by atoms with Gasteiger partial charge in [0.25, 0.3) is 0 Å². The topological polar surface area (TPSA) is 206 Å². The largest absolute Gasteiger partial charge is 0.378 e. The number of hydrogen-bond acceptors (Lipinski definition) is 21. The van der Waals surface area contributed by atoms with Crippen molar-refractivity contribution in [2.75, 3.05) is 153 Å². The maximum absolute atomic E-state index is 6.79. The van der Waals surface area contributed by atoms with Crippen LogP contribution in [0.5, 0.6) is 0 Å². The molecule has 9 aromatic rings. The fourth-order valence-electron chi connectivity index (χ4n) is 17.2. The number of morpholine rings is 3. The van der Waals surface area contributed by atoms with Crippen molar-refractivity contribution in [3.63, 3.8) is 0 Å². The number of aryl methyl sites for hydroxylation is 5. The molecule has 0 saturated carbocycles. The van der Waals surface area contributed by atoms with Crippen LogP contribution in [0.15, 0.2) is 73.2 Å². The van der Waals surface area contributed by atoms with Crippen molar-refractivity contribution < 1.29 is 28.4 Å². The molecule has 105 heavy (non-hydrogen) atoms. The number of halogens is 1. The molecule has 6 aromatic heterocycles. The number of piperidine rings is 3. The maximum Gasteiger partial charge on any atom is 0.159 e. The molecular weight excluding hydrogens is 1340 g/mol. The maximum atomic E-state index is 6.79. The predicted octanol–water partition coefficient (Wildman–Crippen LogP) is 11.2. The van der Waals surface area contributed by atoms with Crippen molar-refractivity contribution in [1.29, 1.82) is 0 Å². The van der Waals surface area contributed by atoms with Crippen molar-refractivity contribution in [2.45, 2.75) is 167 Å². The molecule has 9 saturated heterocycles. The average Bonchev–Trinajstić information content (AvgIpc) is 1.72. The molecule has 0 radical (unpaired) electrons. The van der Waals surface area contributed by atoms with Gasteiger partial charge in [-0.2, -0.15) is 15.3 Å². The molecule has 9 aliphatic heterocycles. The van der Waals surface area contributed by atoms with Crippen LogP contribution in [0.4, 0.5) is 17.5 Å². The number of likely N-dealkylation sites (tertiary alicyclic amines) is 3. The number of rotatable bonds is 15. The van der Waals surface area contributed by atoms with Gasteiger partial charge in [0.05, 0.1) is 131 Å². The van der Waals surface area contributed by atoms with Gasteiger partial charge >= 0.3 is 0 Å². The van der Waals surface area contributed by atoms with Crippen molar-refractivity contribution in [3.05, 3.63) is 124 Å². The summed E-state index contributed by atoms with van der Waals surface area (Å²) < 4.78 is 39.7. The third-order valence-electron chi connectivity index (χ3n) is 23.8. The van der Waals surface area contributed by atoms with Gasteiger partial charge in [0, 0.05) is 78.6 Å². The zero-order valence-electron chi connectivity index (χ0n) is 62.7. The lowest BCUT2D eigenvalue weighted by Gasteiger charge is -2.41. The molecule has 3 atom stereocenters. The lowest BCUT2D eigenvalue weighted by atomic mass is 9.85. The van der Waals surface area contributed by atoms with E-state index in [1.54, 1.807) is 0 Å². The van der Waals surface area contributed by atoms with Gasteiger partial charge in [-0.3, -0.25) is 14.7 Å². The zero-order chi connectivity index (χ0) is 71.8. The lowest BCUT2D eigenvalue weighted by molar-refractivity contribution is -0.0712. The minimum Gasteiger partial charge on any atom is -0.378 e. The minimum atomic E-state index is 0.237. The highest BCUT2D eigenvalue weighted by Gasteiger charge is 2.35. The Bertz CT molecular complexity index is 4050. The minimum absolute atomic E-state index is 0.237. The SMILES string of the molecule is CCC1CN(c2cc(-n3ncc4cc(Cl)c(C5CCN(C6COC6)CC5)cc43)nc(C)n2)CCO1.CC[C@@H]1CN(c2cc(-n3ncc4cc(C)c(C5CCN(C6COC6)CC5)cc43)nc(C)n2)CCO1.CC[C@H]1CN(c2cc(-n3ncc4cc(C)c(C5CCN(C6COC6)CC5)cc43)nc(C)n2)CCO1. The Balaban J connectivity index is 0.000000121. The van der Waals surface area contributed by atoms with Crippen molar-refractivity contribution >= 4 is 61.8 Å². The molecular formula is C80H105ClN18O6. The first-order valence-corrected chi connectivity index (χ1v) is 39.4. The molecule has 1 unspecified atom stereocenters. The van der Waals surface area contributed by atoms with E-state index in [0.29, 0.717) is 35.9 Å². The first-order chi connectivity index (χ1) is 51.3. The van der Waals surface area contributed by atoms with Gasteiger partial charge in [0.2, 0.25) is 0 Å². The van der Waals surface area contributed by atoms with Gasteiger partial charge in [-0.25, -0.2) is 43.9 Å². The summed E-state index contributed by atoms with van der Waals surface area (Å²) in [6.45, 7) is 36.3. The zero-order valence-corrected chi connectivity index (χ0v) is 63.5. The second-order valence-electron chi connectivity index (χ2n) is 30.6. The normalized spacial score (nSPS) is 22.6. The predicted molar refractivity (Wildman–Crippen MR) is 410 cm³/mol. The van der Waals surface area contributed by atoms with Crippen LogP contribution in [0.3, 0.4) is 0 Å². The highest BCUT2D eigenvalue weighted by Crippen LogP contribution is 2.40. The molecule has 24 nitrogen and oxygen atoms in total. The van der Waals surface area contributed by atoms with Gasteiger partial charge in [0.1, 0.15) is 34.9 Å². The van der Waals surface area contributed by atoms with E-state index in [0.717, 1.165) is 260 Å². The van der Waals surface area contributed by atoms with E-state index in [9.17, 15) is 0 Å². The second kappa shape index (κ2) is 31.8. The van der Waals surface area contributed by atoms with E-state index < -0.39 is 0 Å². The van der Waals surface area contributed by atoms with Gasteiger partial charge in [-0.1, -0.05) is 32.4 Å². The van der Waals surface area contributed by atoms with E-state index >= 15 is 0 Å². The van der Waals surface area contributed by atoms with E-state index in [1.807, 2.05) is 59.5 Å². The van der Waals surface area contributed by atoms with Crippen LogP contribution in [0, 0.1) is 34.6 Å². The number of anilines is 3. The first kappa shape index (κ1) is 71.9. The van der Waals surface area contributed by atoms with Gasteiger partial charge < -0.3 is 43.1 Å². The Morgan fingerprint density at radius 2 is 0.657 bits per heavy atom. The Labute approximate surface area is 622 Å². The van der Waals surface area contributed by atoms with E-state index in [1.165, 1.54) is 53.5 Å². The van der Waals surface area contributed by atoms with Crippen LogP contribution in [0.2, 0.25) is 5.02 Å². The molecule has 0 N–H and O–H groups in total. The number of nitrogens with zero attached hydrogens (tertiary/aromatic N) is 18. The van der Waals surface area contributed by atoms with Crippen LogP contribution in [0.25, 0.3) is 50.2 Å². The highest BCUT2D eigenvalue weighted by atomic mass is 35.5. The van der Waals surface area contributed by atoms with Gasteiger partial charge in [0.15, 0.2) is 17.5 Å². The Morgan fingerprint density at radius 3 is 0.962 bits per heavy atom. The molecule has 9 aliphatic rings. The highest BCUT2D eigenvalue weighted by molar-refractivity contribution is 6.32. The molecule has 25 heteroatoms. The number of ether oxygens (including phenoxy) is 6. The molecule has 9 fully saturated rings. The summed E-state index contributed by atoms with van der Waals surface area (Å²) in [7, 11) is 0. The van der Waals surface area contributed by atoms with Crippen LogP contribution in [0.1, 0.15) is 142 Å². The summed E-state index contributed by atoms with van der Waals surface area (Å²) in [5.74, 6) is 9.18. The fraction of sp³-hybridized carbons (Fsp3) is 0.588. The summed E-state index contributed by atoms with van der Waals surface area (Å²) in [5.41, 5.74) is 10.1. The molecule has 558 valence electrons. The molecule has 3 aromatic carbocycles. The second-order valence-corrected chi connectivity index (χ2v) is 31.0. The Kier molecular flexibility index (Phi) is 21.8. The first-order valence-electron chi connectivity index (χ1n) is 39.0. The Morgan fingerprint density at radius 1 is 0.362 bits per heavy atom. The van der Waals surface area contributed by atoms with Crippen LogP contribution in [-0.2, 0) is 28.4 Å². The number of fused-ring (bicyclic) bond motifs is 3.